The number of hydrogen-bond acceptors (Lipinski definition) is 2. The molecule has 2 heteroatoms. The van der Waals surface area contributed by atoms with Crippen molar-refractivity contribution in [3.05, 3.63) is 264 Å². The van der Waals surface area contributed by atoms with Crippen LogP contribution in [0.1, 0.15) is 33.4 Å². The van der Waals surface area contributed by atoms with Crippen molar-refractivity contribution in [2.45, 2.75) is 0 Å². The summed E-state index contributed by atoms with van der Waals surface area (Å²) in [5.41, 5.74) is 13.7. The average molecular weight is 769 g/mol. The average Bonchev–Trinajstić information content (AvgIpc) is 3.32. The first-order valence-electron chi connectivity index (χ1n) is 20.4. The minimum Gasteiger partial charge on any atom is -0.311 e. The fourth-order valence-corrected chi connectivity index (χ4v) is 7.42. The molecule has 9 rings (SSSR count). The molecule has 0 amide bonds. The number of para-hydroxylation sites is 3. The molecule has 2 nitrogen and oxygen atoms in total. The second-order valence-electron chi connectivity index (χ2n) is 14.7. The van der Waals surface area contributed by atoms with Crippen molar-refractivity contribution in [1.82, 2.24) is 0 Å². The van der Waals surface area contributed by atoms with E-state index in [0.717, 1.165) is 67.5 Å². The maximum Gasteiger partial charge on any atom is 0.0468 e. The fourth-order valence-electron chi connectivity index (χ4n) is 7.42. The lowest BCUT2D eigenvalue weighted by molar-refractivity contribution is 1.28. The lowest BCUT2D eigenvalue weighted by Gasteiger charge is -2.26. The van der Waals surface area contributed by atoms with Gasteiger partial charge in [0.25, 0.3) is 0 Å². The van der Waals surface area contributed by atoms with Crippen LogP contribution in [0.5, 0.6) is 0 Å². The summed E-state index contributed by atoms with van der Waals surface area (Å²) >= 11 is 0. The number of hydrogen-bond donors (Lipinski definition) is 0. The molecule has 0 heterocycles. The third kappa shape index (κ3) is 9.10. The first kappa shape index (κ1) is 37.6. The predicted octanol–water partition coefficient (Wildman–Crippen LogP) is 16.3. The Kier molecular flexibility index (Phi) is 11.4. The van der Waals surface area contributed by atoms with E-state index in [4.69, 9.17) is 0 Å². The van der Waals surface area contributed by atoms with E-state index in [-0.39, 0.29) is 0 Å². The van der Waals surface area contributed by atoms with Gasteiger partial charge in [-0.1, -0.05) is 194 Å². The quantitative estimate of drug-likeness (QED) is 0.114. The summed E-state index contributed by atoms with van der Waals surface area (Å²) in [5, 5.41) is 2.47. The lowest BCUT2D eigenvalue weighted by Crippen LogP contribution is -2.09. The molecular formula is C58H44N2. The van der Waals surface area contributed by atoms with Crippen LogP contribution < -0.4 is 9.80 Å². The Morgan fingerprint density at radius 1 is 0.200 bits per heavy atom. The van der Waals surface area contributed by atoms with Gasteiger partial charge >= 0.3 is 0 Å². The summed E-state index contributed by atoms with van der Waals surface area (Å²) in [6.07, 6.45) is 13.0. The van der Waals surface area contributed by atoms with Crippen LogP contribution in [-0.2, 0) is 0 Å². The molecule has 0 unspecified atom stereocenters. The standard InChI is InChI=1S/C58H44N2/c1-4-14-53(15-5-1)59(54-16-6-2-7-17-54)56-39-34-49(35-40-56)32-30-47-26-22-45(23-27-47)20-21-46-24-28-48(29-25-46)31-33-50-36-41-57(42-37-50)60(55-18-8-3-9-19-55)58-43-38-51-12-10-11-13-52(51)44-58/h1-44H. The molecule has 286 valence electrons. The largest absolute Gasteiger partial charge is 0.311 e. The van der Waals surface area contributed by atoms with E-state index in [1.165, 1.54) is 10.8 Å². The summed E-state index contributed by atoms with van der Waals surface area (Å²) in [5.74, 6) is 0. The van der Waals surface area contributed by atoms with Crippen LogP contribution in [0.2, 0.25) is 0 Å². The van der Waals surface area contributed by atoms with Crippen LogP contribution in [0.4, 0.5) is 34.1 Å². The molecule has 0 aromatic heterocycles. The molecule has 0 aliphatic carbocycles. The number of anilines is 6. The second kappa shape index (κ2) is 18.1. The molecule has 0 fully saturated rings. The monoisotopic (exact) mass is 768 g/mol. The first-order valence-corrected chi connectivity index (χ1v) is 20.4. The zero-order chi connectivity index (χ0) is 40.4. The van der Waals surface area contributed by atoms with Gasteiger partial charge in [-0.3, -0.25) is 0 Å². The maximum absolute atomic E-state index is 2.31. The topological polar surface area (TPSA) is 6.48 Å². The van der Waals surface area contributed by atoms with Crippen molar-refractivity contribution >= 4 is 81.4 Å². The van der Waals surface area contributed by atoms with Crippen LogP contribution in [0, 0.1) is 0 Å². The number of fused-ring (bicyclic) bond motifs is 1. The van der Waals surface area contributed by atoms with E-state index in [9.17, 15) is 0 Å². The van der Waals surface area contributed by atoms with E-state index in [1.54, 1.807) is 0 Å². The van der Waals surface area contributed by atoms with Crippen LogP contribution in [-0.4, -0.2) is 0 Å². The molecule has 0 atom stereocenters. The predicted molar refractivity (Wildman–Crippen MR) is 259 cm³/mol. The Balaban J connectivity index is 0.814. The molecule has 0 aliphatic rings. The fraction of sp³-hybridized carbons (Fsp3) is 0. The van der Waals surface area contributed by atoms with Gasteiger partial charge in [0, 0.05) is 34.1 Å². The van der Waals surface area contributed by atoms with Crippen molar-refractivity contribution in [3.63, 3.8) is 0 Å². The molecule has 9 aromatic rings. The number of benzene rings is 9. The van der Waals surface area contributed by atoms with E-state index < -0.39 is 0 Å². The zero-order valence-electron chi connectivity index (χ0n) is 33.3. The van der Waals surface area contributed by atoms with Gasteiger partial charge in [0.05, 0.1) is 0 Å². The van der Waals surface area contributed by atoms with Gasteiger partial charge in [-0.15, -0.1) is 0 Å². The highest BCUT2D eigenvalue weighted by Gasteiger charge is 2.13. The summed E-state index contributed by atoms with van der Waals surface area (Å²) in [6.45, 7) is 0. The summed E-state index contributed by atoms with van der Waals surface area (Å²) in [4.78, 5) is 4.59. The normalized spacial score (nSPS) is 11.5. The van der Waals surface area contributed by atoms with E-state index in [0.29, 0.717) is 0 Å². The van der Waals surface area contributed by atoms with E-state index >= 15 is 0 Å². The van der Waals surface area contributed by atoms with Gasteiger partial charge in [-0.25, -0.2) is 0 Å². The Labute approximate surface area is 353 Å². The number of nitrogens with zero attached hydrogens (tertiary/aromatic N) is 2. The molecule has 0 radical (unpaired) electrons. The molecule has 9 aromatic carbocycles. The van der Waals surface area contributed by atoms with Gasteiger partial charge in [-0.2, -0.15) is 0 Å². The number of rotatable bonds is 12. The van der Waals surface area contributed by atoms with Crippen molar-refractivity contribution in [1.29, 1.82) is 0 Å². The SMILES string of the molecule is C(=Cc1ccc(C=Cc2ccc(N(c3ccccc3)c3ccc4ccccc4c3)cc2)cc1)c1ccc(C=Cc2ccc(N(c3ccccc3)c3ccccc3)cc2)cc1. The van der Waals surface area contributed by atoms with Gasteiger partial charge in [0.15, 0.2) is 0 Å². The van der Waals surface area contributed by atoms with E-state index in [2.05, 4.69) is 277 Å². The lowest BCUT2D eigenvalue weighted by atomic mass is 10.1. The van der Waals surface area contributed by atoms with Crippen molar-refractivity contribution in [3.8, 4) is 0 Å². The molecular weight excluding hydrogens is 725 g/mol. The van der Waals surface area contributed by atoms with Gasteiger partial charge in [0.2, 0.25) is 0 Å². The highest BCUT2D eigenvalue weighted by atomic mass is 15.1. The minimum atomic E-state index is 1.12. The minimum absolute atomic E-state index is 1.12. The molecule has 0 saturated heterocycles. The van der Waals surface area contributed by atoms with Crippen LogP contribution in [0.25, 0.3) is 47.2 Å². The maximum atomic E-state index is 2.31. The zero-order valence-corrected chi connectivity index (χ0v) is 33.3. The molecule has 0 aliphatic heterocycles. The Hall–Kier alpha value is -7.94. The van der Waals surface area contributed by atoms with Crippen molar-refractivity contribution in [2.75, 3.05) is 9.80 Å². The molecule has 0 saturated carbocycles. The Bertz CT molecular complexity index is 2820. The summed E-state index contributed by atoms with van der Waals surface area (Å²) in [6, 6.07) is 81.5. The van der Waals surface area contributed by atoms with Crippen LogP contribution in [0.3, 0.4) is 0 Å². The van der Waals surface area contributed by atoms with Crippen molar-refractivity contribution in [2.24, 2.45) is 0 Å². The second-order valence-corrected chi connectivity index (χ2v) is 14.7. The Morgan fingerprint density at radius 2 is 0.450 bits per heavy atom. The summed E-state index contributed by atoms with van der Waals surface area (Å²) in [7, 11) is 0. The third-order valence-electron chi connectivity index (χ3n) is 10.6. The molecule has 0 bridgehead atoms. The van der Waals surface area contributed by atoms with Gasteiger partial charge in [-0.05, 0) is 117 Å². The van der Waals surface area contributed by atoms with Crippen LogP contribution >= 0.6 is 0 Å². The molecule has 60 heavy (non-hydrogen) atoms. The van der Waals surface area contributed by atoms with Gasteiger partial charge < -0.3 is 9.80 Å². The molecule has 0 N–H and O–H groups in total. The smallest absolute Gasteiger partial charge is 0.0468 e. The van der Waals surface area contributed by atoms with Crippen molar-refractivity contribution < 1.29 is 0 Å². The third-order valence-corrected chi connectivity index (χ3v) is 10.6. The van der Waals surface area contributed by atoms with Crippen LogP contribution in [0.15, 0.2) is 231 Å². The highest BCUT2D eigenvalue weighted by molar-refractivity contribution is 5.89. The highest BCUT2D eigenvalue weighted by Crippen LogP contribution is 2.37. The first-order chi connectivity index (χ1) is 29.7. The van der Waals surface area contributed by atoms with Gasteiger partial charge in [0.1, 0.15) is 0 Å². The van der Waals surface area contributed by atoms with E-state index in [1.807, 2.05) is 0 Å². The molecule has 0 spiro atoms. The Morgan fingerprint density at radius 3 is 0.800 bits per heavy atom. The summed E-state index contributed by atoms with van der Waals surface area (Å²) < 4.78 is 0.